The van der Waals surface area contributed by atoms with E-state index in [1.165, 1.54) is 56.6 Å². The number of rotatable bonds is 4. The molecule has 0 aliphatic rings. The zero-order valence-electron chi connectivity index (χ0n) is 11.5. The monoisotopic (exact) mass is 291 g/mol. The number of hydrogen-bond acceptors (Lipinski definition) is 5. The van der Waals surface area contributed by atoms with Crippen LogP contribution in [0.3, 0.4) is 0 Å². The van der Waals surface area contributed by atoms with Crippen molar-refractivity contribution in [2.75, 3.05) is 7.11 Å². The van der Waals surface area contributed by atoms with Crippen LogP contribution in [0.2, 0.25) is 0 Å². The van der Waals surface area contributed by atoms with E-state index in [0.29, 0.717) is 5.75 Å². The van der Waals surface area contributed by atoms with Gasteiger partial charge in [0.1, 0.15) is 11.6 Å². The minimum atomic E-state index is -1.78. The molecule has 0 spiro atoms. The Morgan fingerprint density at radius 1 is 1.24 bits per heavy atom. The molecule has 0 saturated carbocycles. The Hall–Kier alpha value is -2.47. The molecular formula is C15H14FNO4. The Morgan fingerprint density at radius 2 is 1.90 bits per heavy atom. The van der Waals surface area contributed by atoms with Crippen molar-refractivity contribution in [1.29, 1.82) is 0 Å². The third kappa shape index (κ3) is 3.35. The Kier molecular flexibility index (Phi) is 4.18. The number of nitrogens with zero attached hydrogens (tertiary/aromatic N) is 1. The van der Waals surface area contributed by atoms with Crippen LogP contribution in [-0.2, 0) is 15.1 Å². The molecule has 1 atom stereocenters. The van der Waals surface area contributed by atoms with Gasteiger partial charge in [-0.15, -0.1) is 0 Å². The van der Waals surface area contributed by atoms with E-state index < -0.39 is 11.6 Å². The molecule has 1 N–H and O–H groups in total. The molecule has 1 aromatic heterocycles. The van der Waals surface area contributed by atoms with E-state index in [2.05, 4.69) is 9.72 Å². The molecule has 1 aromatic carbocycles. The van der Waals surface area contributed by atoms with Gasteiger partial charge in [0.2, 0.25) is 5.88 Å². The Morgan fingerprint density at radius 3 is 2.43 bits per heavy atom. The Balaban J connectivity index is 2.15. The maximum absolute atomic E-state index is 12.8. The number of aromatic nitrogens is 1. The molecule has 1 unspecified atom stereocenters. The summed E-state index contributed by atoms with van der Waals surface area (Å²) >= 11 is 0. The number of ether oxygens (including phenoxy) is 2. The highest BCUT2D eigenvalue weighted by atomic mass is 19.1. The van der Waals surface area contributed by atoms with Gasteiger partial charge in [-0.1, -0.05) is 0 Å². The first-order chi connectivity index (χ1) is 9.93. The topological polar surface area (TPSA) is 68.7 Å². The van der Waals surface area contributed by atoms with Crippen LogP contribution in [0.1, 0.15) is 12.5 Å². The maximum atomic E-state index is 12.8. The van der Waals surface area contributed by atoms with Gasteiger partial charge in [0.25, 0.3) is 0 Å². The molecule has 21 heavy (non-hydrogen) atoms. The second kappa shape index (κ2) is 5.88. The summed E-state index contributed by atoms with van der Waals surface area (Å²) in [5, 5.41) is 10.1. The van der Waals surface area contributed by atoms with E-state index in [1.807, 2.05) is 0 Å². The van der Waals surface area contributed by atoms with Gasteiger partial charge in [-0.05, 0) is 37.3 Å². The molecule has 2 aromatic rings. The lowest BCUT2D eigenvalue weighted by Crippen LogP contribution is -2.33. The summed E-state index contributed by atoms with van der Waals surface area (Å²) in [4.78, 5) is 15.5. The molecule has 110 valence electrons. The van der Waals surface area contributed by atoms with Crippen LogP contribution in [0.4, 0.5) is 4.39 Å². The lowest BCUT2D eigenvalue weighted by Gasteiger charge is -2.20. The SMILES string of the molecule is COC(=O)C(C)(O)c1ccc(Oc2ccc(F)cc2)nc1. The zero-order valence-corrected chi connectivity index (χ0v) is 11.5. The van der Waals surface area contributed by atoms with Crippen molar-refractivity contribution in [3.63, 3.8) is 0 Å². The van der Waals surface area contributed by atoms with Crippen LogP contribution < -0.4 is 4.74 Å². The molecule has 0 aliphatic carbocycles. The van der Waals surface area contributed by atoms with Crippen molar-refractivity contribution in [2.24, 2.45) is 0 Å². The van der Waals surface area contributed by atoms with Crippen LogP contribution >= 0.6 is 0 Å². The van der Waals surface area contributed by atoms with Gasteiger partial charge in [-0.3, -0.25) is 0 Å². The van der Waals surface area contributed by atoms with E-state index in [4.69, 9.17) is 4.74 Å². The summed E-state index contributed by atoms with van der Waals surface area (Å²) in [6.07, 6.45) is 1.32. The average Bonchev–Trinajstić information content (AvgIpc) is 2.49. The fraction of sp³-hybridized carbons (Fsp3) is 0.200. The normalized spacial score (nSPS) is 13.3. The number of pyridine rings is 1. The first-order valence-electron chi connectivity index (χ1n) is 6.14. The lowest BCUT2D eigenvalue weighted by molar-refractivity contribution is -0.161. The fourth-order valence-electron chi connectivity index (χ4n) is 1.67. The van der Waals surface area contributed by atoms with Crippen LogP contribution in [-0.4, -0.2) is 23.2 Å². The number of aliphatic hydroxyl groups is 1. The minimum Gasteiger partial charge on any atom is -0.467 e. The molecule has 0 amide bonds. The van der Waals surface area contributed by atoms with Crippen LogP contribution in [0.25, 0.3) is 0 Å². The van der Waals surface area contributed by atoms with Gasteiger partial charge in [-0.25, -0.2) is 14.2 Å². The molecular weight excluding hydrogens is 277 g/mol. The number of methoxy groups -OCH3 is 1. The summed E-state index contributed by atoms with van der Waals surface area (Å²) in [6, 6.07) is 8.47. The highest BCUT2D eigenvalue weighted by Crippen LogP contribution is 2.25. The van der Waals surface area contributed by atoms with Gasteiger partial charge < -0.3 is 14.6 Å². The standard InChI is InChI=1S/C15H14FNO4/c1-15(19,14(18)20-2)10-3-8-13(17-9-10)21-12-6-4-11(16)5-7-12/h3-9,19H,1-2H3. The van der Waals surface area contributed by atoms with Gasteiger partial charge >= 0.3 is 5.97 Å². The van der Waals surface area contributed by atoms with Gasteiger partial charge in [0, 0.05) is 17.8 Å². The molecule has 2 rings (SSSR count). The van der Waals surface area contributed by atoms with Crippen LogP contribution in [0.5, 0.6) is 11.6 Å². The van der Waals surface area contributed by atoms with Crippen molar-refractivity contribution >= 4 is 5.97 Å². The Bertz CT molecular complexity index is 623. The number of halogens is 1. The molecule has 0 aliphatic heterocycles. The second-order valence-corrected chi connectivity index (χ2v) is 4.50. The maximum Gasteiger partial charge on any atom is 0.342 e. The third-order valence-electron chi connectivity index (χ3n) is 2.92. The largest absolute Gasteiger partial charge is 0.467 e. The fourth-order valence-corrected chi connectivity index (χ4v) is 1.67. The number of benzene rings is 1. The highest BCUT2D eigenvalue weighted by Gasteiger charge is 2.33. The zero-order chi connectivity index (χ0) is 15.5. The van der Waals surface area contributed by atoms with E-state index in [0.717, 1.165) is 0 Å². The van der Waals surface area contributed by atoms with E-state index >= 15 is 0 Å². The Labute approximate surface area is 121 Å². The number of esters is 1. The van der Waals surface area contributed by atoms with Crippen molar-refractivity contribution in [2.45, 2.75) is 12.5 Å². The third-order valence-corrected chi connectivity index (χ3v) is 2.92. The smallest absolute Gasteiger partial charge is 0.342 e. The predicted molar refractivity (Wildman–Crippen MR) is 72.3 cm³/mol. The van der Waals surface area contributed by atoms with E-state index in [-0.39, 0.29) is 17.3 Å². The van der Waals surface area contributed by atoms with Crippen LogP contribution in [0.15, 0.2) is 42.6 Å². The molecule has 0 fully saturated rings. The first kappa shape index (κ1) is 14.9. The summed E-state index contributed by atoms with van der Waals surface area (Å²) in [5.74, 6) is -0.460. The average molecular weight is 291 g/mol. The summed E-state index contributed by atoms with van der Waals surface area (Å²) in [7, 11) is 1.19. The number of carbonyl (C=O) groups is 1. The van der Waals surface area contributed by atoms with Crippen molar-refractivity contribution in [1.82, 2.24) is 4.98 Å². The molecule has 0 bridgehead atoms. The number of carbonyl (C=O) groups excluding carboxylic acids is 1. The summed E-state index contributed by atoms with van der Waals surface area (Å²) < 4.78 is 22.7. The highest BCUT2D eigenvalue weighted by molar-refractivity contribution is 5.80. The van der Waals surface area contributed by atoms with Crippen molar-refractivity contribution in [3.8, 4) is 11.6 Å². The first-order valence-corrected chi connectivity index (χ1v) is 6.14. The van der Waals surface area contributed by atoms with Crippen molar-refractivity contribution in [3.05, 3.63) is 54.0 Å². The van der Waals surface area contributed by atoms with E-state index in [9.17, 15) is 14.3 Å². The molecule has 0 saturated heterocycles. The van der Waals surface area contributed by atoms with Gasteiger partial charge in [0.05, 0.1) is 7.11 Å². The van der Waals surface area contributed by atoms with E-state index in [1.54, 1.807) is 0 Å². The predicted octanol–water partition coefficient (Wildman–Crippen LogP) is 2.39. The lowest BCUT2D eigenvalue weighted by atomic mass is 9.98. The number of hydrogen-bond donors (Lipinski definition) is 1. The molecule has 0 radical (unpaired) electrons. The summed E-state index contributed by atoms with van der Waals surface area (Å²) in [6.45, 7) is 1.32. The quantitative estimate of drug-likeness (QED) is 0.876. The molecule has 1 heterocycles. The van der Waals surface area contributed by atoms with Gasteiger partial charge in [0.15, 0.2) is 5.60 Å². The van der Waals surface area contributed by atoms with Crippen LogP contribution in [0, 0.1) is 5.82 Å². The van der Waals surface area contributed by atoms with Crippen molar-refractivity contribution < 1.29 is 23.8 Å². The van der Waals surface area contributed by atoms with Gasteiger partial charge in [-0.2, -0.15) is 0 Å². The minimum absolute atomic E-state index is 0.256. The molecule has 5 nitrogen and oxygen atoms in total. The summed E-state index contributed by atoms with van der Waals surface area (Å²) in [5.41, 5.74) is -1.50. The molecule has 6 heteroatoms. The second-order valence-electron chi connectivity index (χ2n) is 4.50.